The van der Waals surface area contributed by atoms with Gasteiger partial charge in [-0.25, -0.2) is 4.98 Å². The van der Waals surface area contributed by atoms with Gasteiger partial charge in [0, 0.05) is 41.7 Å². The average molecular weight is 431 g/mol. The SMILES string of the molecule is CCc1ccc(N2CC(C(=O)Nc3cccc(-c4nc(CC)cc(=O)[nH]4)c3)CC2=O)cc1. The summed E-state index contributed by atoms with van der Waals surface area (Å²) >= 11 is 0. The van der Waals surface area contributed by atoms with Crippen molar-refractivity contribution in [1.82, 2.24) is 9.97 Å². The number of nitrogens with one attached hydrogen (secondary N) is 2. The van der Waals surface area contributed by atoms with Gasteiger partial charge in [-0.2, -0.15) is 0 Å². The van der Waals surface area contributed by atoms with Crippen molar-refractivity contribution in [3.05, 3.63) is 76.2 Å². The second-order valence-electron chi connectivity index (χ2n) is 7.93. The first-order valence-corrected chi connectivity index (χ1v) is 10.9. The standard InChI is InChI=1S/C25H26N4O3/c1-3-16-8-10-21(11-9-16)29-15-18(13-23(29)31)25(32)27-20-7-5-6-17(12-20)24-26-19(4-2)14-22(30)28-24/h5-12,14,18H,3-4,13,15H2,1-2H3,(H,27,32)(H,26,28,30). The Bertz CT molecular complexity index is 1200. The lowest BCUT2D eigenvalue weighted by molar-refractivity contribution is -0.122. The van der Waals surface area contributed by atoms with Gasteiger partial charge in [0.15, 0.2) is 0 Å². The lowest BCUT2D eigenvalue weighted by atomic mass is 10.1. The Morgan fingerprint density at radius 3 is 2.59 bits per heavy atom. The van der Waals surface area contributed by atoms with Crippen molar-refractivity contribution in [2.24, 2.45) is 5.92 Å². The van der Waals surface area contributed by atoms with Crippen LogP contribution in [0.15, 0.2) is 59.4 Å². The van der Waals surface area contributed by atoms with Crippen LogP contribution in [0.1, 0.15) is 31.5 Å². The number of H-pyrrole nitrogens is 1. The van der Waals surface area contributed by atoms with Gasteiger partial charge < -0.3 is 15.2 Å². The minimum atomic E-state index is -0.432. The first-order chi connectivity index (χ1) is 15.5. The van der Waals surface area contributed by atoms with Gasteiger partial charge in [0.2, 0.25) is 11.8 Å². The molecule has 2 aromatic carbocycles. The molecule has 1 unspecified atom stereocenters. The fourth-order valence-corrected chi connectivity index (χ4v) is 3.86. The summed E-state index contributed by atoms with van der Waals surface area (Å²) in [6, 6.07) is 16.5. The third kappa shape index (κ3) is 4.61. The number of hydrogen-bond donors (Lipinski definition) is 2. The molecule has 2 amide bonds. The van der Waals surface area contributed by atoms with E-state index in [0.717, 1.165) is 12.1 Å². The highest BCUT2D eigenvalue weighted by atomic mass is 16.2. The molecule has 4 rings (SSSR count). The van der Waals surface area contributed by atoms with E-state index in [1.807, 2.05) is 37.3 Å². The van der Waals surface area contributed by atoms with Crippen LogP contribution in [-0.4, -0.2) is 28.3 Å². The van der Waals surface area contributed by atoms with Gasteiger partial charge in [-0.3, -0.25) is 14.4 Å². The summed E-state index contributed by atoms with van der Waals surface area (Å²) in [5, 5.41) is 2.91. The van der Waals surface area contributed by atoms with Crippen LogP contribution >= 0.6 is 0 Å². The molecule has 2 N–H and O–H groups in total. The van der Waals surface area contributed by atoms with E-state index in [9.17, 15) is 14.4 Å². The molecule has 0 bridgehead atoms. The fraction of sp³-hybridized carbons (Fsp3) is 0.280. The molecule has 1 aliphatic heterocycles. The molecule has 3 aromatic rings. The van der Waals surface area contributed by atoms with Crippen LogP contribution in [0.25, 0.3) is 11.4 Å². The van der Waals surface area contributed by atoms with E-state index in [0.29, 0.717) is 35.7 Å². The smallest absolute Gasteiger partial charge is 0.251 e. The van der Waals surface area contributed by atoms with Crippen molar-refractivity contribution in [1.29, 1.82) is 0 Å². The predicted octanol–water partition coefficient (Wildman–Crippen LogP) is 3.55. The highest BCUT2D eigenvalue weighted by Crippen LogP contribution is 2.27. The van der Waals surface area contributed by atoms with Crippen molar-refractivity contribution >= 4 is 23.2 Å². The maximum Gasteiger partial charge on any atom is 0.251 e. The Morgan fingerprint density at radius 1 is 1.09 bits per heavy atom. The first kappa shape index (κ1) is 21.5. The van der Waals surface area contributed by atoms with E-state index in [2.05, 4.69) is 22.2 Å². The quantitative estimate of drug-likeness (QED) is 0.625. The maximum absolute atomic E-state index is 12.9. The second-order valence-corrected chi connectivity index (χ2v) is 7.93. The maximum atomic E-state index is 12.9. The van der Waals surface area contributed by atoms with Gasteiger partial charge in [0.1, 0.15) is 5.82 Å². The Morgan fingerprint density at radius 2 is 1.88 bits per heavy atom. The van der Waals surface area contributed by atoms with Crippen molar-refractivity contribution < 1.29 is 9.59 Å². The van der Waals surface area contributed by atoms with E-state index in [1.165, 1.54) is 11.6 Å². The molecule has 0 saturated carbocycles. The molecular formula is C25H26N4O3. The molecule has 0 spiro atoms. The summed E-state index contributed by atoms with van der Waals surface area (Å²) in [4.78, 5) is 46.2. The Hall–Kier alpha value is -3.74. The summed E-state index contributed by atoms with van der Waals surface area (Å²) in [7, 11) is 0. The molecule has 1 aromatic heterocycles. The van der Waals surface area contributed by atoms with Crippen molar-refractivity contribution in [2.75, 3.05) is 16.8 Å². The number of amides is 2. The minimum Gasteiger partial charge on any atom is -0.326 e. The Balaban J connectivity index is 1.47. The zero-order valence-electron chi connectivity index (χ0n) is 18.2. The zero-order valence-corrected chi connectivity index (χ0v) is 18.2. The van der Waals surface area contributed by atoms with E-state index in [4.69, 9.17) is 0 Å². The number of aromatic nitrogens is 2. The number of aromatic amines is 1. The summed E-state index contributed by atoms with van der Waals surface area (Å²) < 4.78 is 0. The molecule has 0 aliphatic carbocycles. The Kier molecular flexibility index (Phi) is 6.16. The summed E-state index contributed by atoms with van der Waals surface area (Å²) in [6.45, 7) is 4.37. The minimum absolute atomic E-state index is 0.0543. The van der Waals surface area contributed by atoms with E-state index in [-0.39, 0.29) is 23.8 Å². The van der Waals surface area contributed by atoms with Crippen LogP contribution < -0.4 is 15.8 Å². The van der Waals surface area contributed by atoms with Crippen LogP contribution in [0.3, 0.4) is 0 Å². The highest BCUT2D eigenvalue weighted by Gasteiger charge is 2.35. The zero-order chi connectivity index (χ0) is 22.7. The number of rotatable bonds is 6. The van der Waals surface area contributed by atoms with Gasteiger partial charge in [-0.15, -0.1) is 0 Å². The number of nitrogens with zero attached hydrogens (tertiary/aromatic N) is 2. The van der Waals surface area contributed by atoms with E-state index >= 15 is 0 Å². The van der Waals surface area contributed by atoms with Gasteiger partial charge in [0.05, 0.1) is 5.92 Å². The molecular weight excluding hydrogens is 404 g/mol. The largest absolute Gasteiger partial charge is 0.326 e. The van der Waals surface area contributed by atoms with Crippen LogP contribution in [0, 0.1) is 5.92 Å². The highest BCUT2D eigenvalue weighted by molar-refractivity contribution is 6.03. The molecule has 7 heteroatoms. The Labute approximate surface area is 186 Å². The molecule has 1 fully saturated rings. The number of aryl methyl sites for hydroxylation is 2. The molecule has 2 heterocycles. The second kappa shape index (κ2) is 9.18. The molecule has 7 nitrogen and oxygen atoms in total. The van der Waals surface area contributed by atoms with Crippen molar-refractivity contribution in [3.8, 4) is 11.4 Å². The lowest BCUT2D eigenvalue weighted by Gasteiger charge is -2.17. The lowest BCUT2D eigenvalue weighted by Crippen LogP contribution is -2.28. The van der Waals surface area contributed by atoms with Gasteiger partial charge in [-0.05, 0) is 42.7 Å². The van der Waals surface area contributed by atoms with Gasteiger partial charge in [0.25, 0.3) is 5.56 Å². The third-order valence-corrected chi connectivity index (χ3v) is 5.71. The predicted molar refractivity (Wildman–Crippen MR) is 125 cm³/mol. The van der Waals surface area contributed by atoms with E-state index in [1.54, 1.807) is 23.1 Å². The molecule has 1 saturated heterocycles. The van der Waals surface area contributed by atoms with Gasteiger partial charge in [-0.1, -0.05) is 38.1 Å². The van der Waals surface area contributed by atoms with Crippen LogP contribution in [-0.2, 0) is 22.4 Å². The molecule has 1 atom stereocenters. The summed E-state index contributed by atoms with van der Waals surface area (Å²) in [6.07, 6.45) is 1.76. The number of benzene rings is 2. The van der Waals surface area contributed by atoms with E-state index < -0.39 is 5.92 Å². The van der Waals surface area contributed by atoms with Crippen LogP contribution in [0.4, 0.5) is 11.4 Å². The topological polar surface area (TPSA) is 95.2 Å². The first-order valence-electron chi connectivity index (χ1n) is 10.9. The van der Waals surface area contributed by atoms with Crippen LogP contribution in [0.2, 0.25) is 0 Å². The summed E-state index contributed by atoms with van der Waals surface area (Å²) in [5.41, 5.74) is 3.81. The monoisotopic (exact) mass is 430 g/mol. The normalized spacial score (nSPS) is 15.8. The number of hydrogen-bond acceptors (Lipinski definition) is 4. The van der Waals surface area contributed by atoms with Crippen LogP contribution in [0.5, 0.6) is 0 Å². The molecule has 0 radical (unpaired) electrons. The molecule has 1 aliphatic rings. The number of anilines is 2. The summed E-state index contributed by atoms with van der Waals surface area (Å²) in [5.74, 6) is -0.227. The van der Waals surface area contributed by atoms with Gasteiger partial charge >= 0.3 is 0 Å². The average Bonchev–Trinajstić information content (AvgIpc) is 3.20. The number of carbonyl (C=O) groups is 2. The number of carbonyl (C=O) groups excluding carboxylic acids is 2. The van der Waals surface area contributed by atoms with Crippen molar-refractivity contribution in [3.63, 3.8) is 0 Å². The molecule has 32 heavy (non-hydrogen) atoms. The molecule has 164 valence electrons. The van der Waals surface area contributed by atoms with Crippen molar-refractivity contribution in [2.45, 2.75) is 33.1 Å². The third-order valence-electron chi connectivity index (χ3n) is 5.71. The fourth-order valence-electron chi connectivity index (χ4n) is 3.86.